The number of nitrogens with two attached hydrogens (primary N) is 1. The van der Waals surface area contributed by atoms with Gasteiger partial charge < -0.3 is 10.8 Å². The van der Waals surface area contributed by atoms with Crippen LogP contribution in [-0.4, -0.2) is 26.0 Å². The minimum atomic E-state index is -3.62. The molecule has 19 heavy (non-hydrogen) atoms. The number of nitrogens with one attached hydrogen (secondary N) is 1. The van der Waals surface area contributed by atoms with Gasteiger partial charge in [-0.25, -0.2) is 13.1 Å². The maximum absolute atomic E-state index is 11.9. The first-order valence-corrected chi connectivity index (χ1v) is 7.22. The molecule has 0 atom stereocenters. The van der Waals surface area contributed by atoms with Crippen molar-refractivity contribution < 1.29 is 18.3 Å². The molecule has 1 aromatic rings. The highest BCUT2D eigenvalue weighted by Crippen LogP contribution is 2.20. The van der Waals surface area contributed by atoms with Crippen molar-refractivity contribution in [1.82, 2.24) is 4.72 Å². The number of carboxylic acids is 1. The van der Waals surface area contributed by atoms with Crippen molar-refractivity contribution in [1.29, 1.82) is 0 Å². The quantitative estimate of drug-likeness (QED) is 0.677. The van der Waals surface area contributed by atoms with Crippen molar-refractivity contribution in [3.05, 3.63) is 24.3 Å². The molecule has 0 aliphatic heterocycles. The van der Waals surface area contributed by atoms with E-state index in [-0.39, 0.29) is 17.9 Å². The molecule has 0 aromatic heterocycles. The summed E-state index contributed by atoms with van der Waals surface area (Å²) in [6.45, 7) is 3.16. The van der Waals surface area contributed by atoms with Crippen LogP contribution in [0.4, 0.5) is 5.69 Å². The monoisotopic (exact) mass is 286 g/mol. The normalized spacial score (nSPS) is 12.3. The highest BCUT2D eigenvalue weighted by Gasteiger charge is 2.27. The summed E-state index contributed by atoms with van der Waals surface area (Å²) in [6, 6.07) is 5.80. The van der Waals surface area contributed by atoms with E-state index < -0.39 is 21.4 Å². The SMILES string of the molecule is CC(C)(CCNS(=O)(=O)c1ccc(N)cc1)C(=O)O. The van der Waals surface area contributed by atoms with Crippen molar-refractivity contribution in [2.75, 3.05) is 12.3 Å². The van der Waals surface area contributed by atoms with Gasteiger partial charge in [-0.3, -0.25) is 4.79 Å². The maximum Gasteiger partial charge on any atom is 0.309 e. The zero-order valence-corrected chi connectivity index (χ0v) is 11.7. The van der Waals surface area contributed by atoms with Gasteiger partial charge in [0.1, 0.15) is 0 Å². The third kappa shape index (κ3) is 4.22. The lowest BCUT2D eigenvalue weighted by Crippen LogP contribution is -2.32. The van der Waals surface area contributed by atoms with Crippen molar-refractivity contribution >= 4 is 21.7 Å². The van der Waals surface area contributed by atoms with Gasteiger partial charge in [-0.1, -0.05) is 0 Å². The predicted octanol–water partition coefficient (Wildman–Crippen LogP) is 1.05. The van der Waals surface area contributed by atoms with Crippen LogP contribution in [0, 0.1) is 5.41 Å². The molecule has 0 bridgehead atoms. The van der Waals surface area contributed by atoms with E-state index in [2.05, 4.69) is 4.72 Å². The summed E-state index contributed by atoms with van der Waals surface area (Å²) in [7, 11) is -3.62. The molecule has 0 spiro atoms. The van der Waals surface area contributed by atoms with Crippen LogP contribution in [0.1, 0.15) is 20.3 Å². The highest BCUT2D eigenvalue weighted by atomic mass is 32.2. The molecule has 106 valence electrons. The van der Waals surface area contributed by atoms with Gasteiger partial charge in [0, 0.05) is 12.2 Å². The molecule has 0 saturated carbocycles. The van der Waals surface area contributed by atoms with Crippen LogP contribution >= 0.6 is 0 Å². The Labute approximate surface area is 112 Å². The van der Waals surface area contributed by atoms with Crippen molar-refractivity contribution in [2.24, 2.45) is 5.41 Å². The smallest absolute Gasteiger partial charge is 0.309 e. The second-order valence-corrected chi connectivity index (χ2v) is 6.67. The fraction of sp³-hybridized carbons (Fsp3) is 0.417. The summed E-state index contributed by atoms with van der Waals surface area (Å²) in [5.41, 5.74) is 4.99. The Morgan fingerprint density at radius 3 is 2.32 bits per heavy atom. The van der Waals surface area contributed by atoms with Gasteiger partial charge in [0.15, 0.2) is 0 Å². The first kappa shape index (κ1) is 15.5. The van der Waals surface area contributed by atoms with Gasteiger partial charge in [0.2, 0.25) is 10.0 Å². The lowest BCUT2D eigenvalue weighted by molar-refractivity contribution is -0.147. The van der Waals surface area contributed by atoms with Crippen LogP contribution in [0.3, 0.4) is 0 Å². The van der Waals surface area contributed by atoms with Gasteiger partial charge in [-0.15, -0.1) is 0 Å². The van der Waals surface area contributed by atoms with Crippen LogP contribution in [0.15, 0.2) is 29.2 Å². The zero-order valence-electron chi connectivity index (χ0n) is 10.9. The maximum atomic E-state index is 11.9. The van der Waals surface area contributed by atoms with E-state index in [1.165, 1.54) is 24.3 Å². The molecular formula is C12H18N2O4S. The molecule has 6 nitrogen and oxygen atoms in total. The Balaban J connectivity index is 2.67. The lowest BCUT2D eigenvalue weighted by Gasteiger charge is -2.18. The first-order valence-electron chi connectivity index (χ1n) is 5.74. The highest BCUT2D eigenvalue weighted by molar-refractivity contribution is 7.89. The molecule has 0 radical (unpaired) electrons. The number of hydrogen-bond acceptors (Lipinski definition) is 4. The topological polar surface area (TPSA) is 109 Å². The number of rotatable bonds is 6. The molecule has 0 amide bonds. The number of hydrogen-bond donors (Lipinski definition) is 3. The first-order chi connectivity index (χ1) is 8.65. The van der Waals surface area contributed by atoms with E-state index in [4.69, 9.17) is 10.8 Å². The van der Waals surface area contributed by atoms with Crippen molar-refractivity contribution in [3.63, 3.8) is 0 Å². The van der Waals surface area contributed by atoms with Gasteiger partial charge in [-0.05, 0) is 44.5 Å². The summed E-state index contributed by atoms with van der Waals surface area (Å²) in [6.07, 6.45) is 0.205. The Hall–Kier alpha value is -1.60. The molecule has 0 saturated heterocycles. The Morgan fingerprint density at radius 1 is 1.32 bits per heavy atom. The average Bonchev–Trinajstić information content (AvgIpc) is 2.28. The van der Waals surface area contributed by atoms with Crippen LogP contribution in [0.25, 0.3) is 0 Å². The van der Waals surface area contributed by atoms with Crippen LogP contribution in [0.2, 0.25) is 0 Å². The van der Waals surface area contributed by atoms with Gasteiger partial charge in [0.05, 0.1) is 10.3 Å². The fourth-order valence-corrected chi connectivity index (χ4v) is 2.37. The summed E-state index contributed by atoms with van der Waals surface area (Å²) in [5, 5.41) is 8.93. The molecule has 1 aromatic carbocycles. The number of anilines is 1. The Kier molecular flexibility index (Phi) is 4.54. The van der Waals surface area contributed by atoms with Crippen molar-refractivity contribution in [2.45, 2.75) is 25.2 Å². The summed E-state index contributed by atoms with van der Waals surface area (Å²) < 4.78 is 26.2. The number of sulfonamides is 1. The van der Waals surface area contributed by atoms with E-state index in [0.29, 0.717) is 5.69 Å². The second-order valence-electron chi connectivity index (χ2n) is 4.91. The minimum absolute atomic E-state index is 0.0615. The lowest BCUT2D eigenvalue weighted by atomic mass is 9.90. The van der Waals surface area contributed by atoms with E-state index in [1.807, 2.05) is 0 Å². The Bertz CT molecular complexity index is 550. The number of carboxylic acid groups (broad SMARTS) is 1. The largest absolute Gasteiger partial charge is 0.481 e. The van der Waals surface area contributed by atoms with E-state index in [0.717, 1.165) is 0 Å². The van der Waals surface area contributed by atoms with Crippen LogP contribution in [-0.2, 0) is 14.8 Å². The molecule has 0 fully saturated rings. The Morgan fingerprint density at radius 2 is 1.84 bits per heavy atom. The zero-order chi connectivity index (χ0) is 14.7. The second kappa shape index (κ2) is 5.58. The summed E-state index contributed by atoms with van der Waals surface area (Å²) in [4.78, 5) is 11.0. The van der Waals surface area contributed by atoms with Gasteiger partial charge in [-0.2, -0.15) is 0 Å². The number of aliphatic carboxylic acids is 1. The van der Waals surface area contributed by atoms with Gasteiger partial charge in [0.25, 0.3) is 0 Å². The molecule has 0 aliphatic rings. The summed E-state index contributed by atoms with van der Waals surface area (Å²) in [5.74, 6) is -0.959. The minimum Gasteiger partial charge on any atom is -0.481 e. The van der Waals surface area contributed by atoms with Crippen LogP contribution in [0.5, 0.6) is 0 Å². The molecule has 0 aliphatic carbocycles. The average molecular weight is 286 g/mol. The molecule has 0 unspecified atom stereocenters. The number of nitrogen functional groups attached to an aromatic ring is 1. The van der Waals surface area contributed by atoms with Crippen molar-refractivity contribution in [3.8, 4) is 0 Å². The summed E-state index contributed by atoms with van der Waals surface area (Å²) >= 11 is 0. The predicted molar refractivity (Wildman–Crippen MR) is 72.1 cm³/mol. The molecular weight excluding hydrogens is 268 g/mol. The molecule has 7 heteroatoms. The fourth-order valence-electron chi connectivity index (χ4n) is 1.34. The molecule has 0 heterocycles. The van der Waals surface area contributed by atoms with E-state index >= 15 is 0 Å². The van der Waals surface area contributed by atoms with Crippen LogP contribution < -0.4 is 10.5 Å². The standard InChI is InChI=1S/C12H18N2O4S/c1-12(2,11(15)16)7-8-14-19(17,18)10-5-3-9(13)4-6-10/h3-6,14H,7-8,13H2,1-2H3,(H,15,16). The number of benzene rings is 1. The molecule has 4 N–H and O–H groups in total. The third-order valence-electron chi connectivity index (χ3n) is 2.81. The number of carbonyl (C=O) groups is 1. The van der Waals surface area contributed by atoms with Gasteiger partial charge >= 0.3 is 5.97 Å². The van der Waals surface area contributed by atoms with E-state index in [1.54, 1.807) is 13.8 Å². The third-order valence-corrected chi connectivity index (χ3v) is 4.29. The molecule has 1 rings (SSSR count). The van der Waals surface area contributed by atoms with E-state index in [9.17, 15) is 13.2 Å².